The molecule has 2 N–H and O–H groups in total. The predicted molar refractivity (Wildman–Crippen MR) is 79.0 cm³/mol. The number of furan rings is 1. The quantitative estimate of drug-likeness (QED) is 0.855. The Morgan fingerprint density at radius 1 is 1.26 bits per heavy atom. The summed E-state index contributed by atoms with van der Waals surface area (Å²) >= 11 is 3.44. The topological polar surface area (TPSA) is 45.4 Å². The van der Waals surface area contributed by atoms with Gasteiger partial charge in [0.15, 0.2) is 0 Å². The van der Waals surface area contributed by atoms with Gasteiger partial charge >= 0.3 is 0 Å². The fourth-order valence-electron chi connectivity index (χ4n) is 1.93. The van der Waals surface area contributed by atoms with E-state index < -0.39 is 0 Å². The van der Waals surface area contributed by atoms with Crippen LogP contribution in [0, 0.1) is 0 Å². The molecule has 2 atom stereocenters. The smallest absolute Gasteiger partial charge is 0.125 e. The minimum absolute atomic E-state index is 0.0156. The molecule has 0 spiro atoms. The molecule has 0 unspecified atom stereocenters. The Bertz CT molecular complexity index is 479. The highest BCUT2D eigenvalue weighted by atomic mass is 79.9. The van der Waals surface area contributed by atoms with Crippen LogP contribution in [0.1, 0.15) is 30.7 Å². The molecule has 2 rings (SSSR count). The number of aliphatic hydroxyl groups is 1. The summed E-state index contributed by atoms with van der Waals surface area (Å²) in [7, 11) is 0. The van der Waals surface area contributed by atoms with Gasteiger partial charge in [0.1, 0.15) is 5.76 Å². The van der Waals surface area contributed by atoms with Gasteiger partial charge in [0, 0.05) is 4.47 Å². The summed E-state index contributed by atoms with van der Waals surface area (Å²) in [5, 5.41) is 12.8. The van der Waals surface area contributed by atoms with Crippen molar-refractivity contribution in [3.05, 3.63) is 58.5 Å². The second-order valence-corrected chi connectivity index (χ2v) is 5.51. The van der Waals surface area contributed by atoms with Crippen LogP contribution < -0.4 is 5.32 Å². The van der Waals surface area contributed by atoms with Crippen molar-refractivity contribution in [3.63, 3.8) is 0 Å². The first-order chi connectivity index (χ1) is 9.16. The van der Waals surface area contributed by atoms with E-state index in [-0.39, 0.29) is 12.1 Å². The highest BCUT2D eigenvalue weighted by molar-refractivity contribution is 9.10. The van der Waals surface area contributed by atoms with E-state index in [0.29, 0.717) is 6.42 Å². The van der Waals surface area contributed by atoms with Crippen LogP contribution in [-0.4, -0.2) is 17.8 Å². The average Bonchev–Trinajstić information content (AvgIpc) is 2.89. The van der Waals surface area contributed by atoms with Gasteiger partial charge in [-0.15, -0.1) is 0 Å². The summed E-state index contributed by atoms with van der Waals surface area (Å²) < 4.78 is 6.56. The Morgan fingerprint density at radius 3 is 2.58 bits per heavy atom. The van der Waals surface area contributed by atoms with Gasteiger partial charge in [-0.3, -0.25) is 0 Å². The third kappa shape index (κ3) is 4.20. The first-order valence-electron chi connectivity index (χ1n) is 6.37. The summed E-state index contributed by atoms with van der Waals surface area (Å²) in [4.78, 5) is 0. The summed E-state index contributed by atoms with van der Waals surface area (Å²) in [6.45, 7) is 2.53. The van der Waals surface area contributed by atoms with Crippen LogP contribution in [0.4, 0.5) is 0 Å². The predicted octanol–water partition coefficient (Wildman–Crippen LogP) is 3.49. The zero-order valence-corrected chi connectivity index (χ0v) is 12.4. The lowest BCUT2D eigenvalue weighted by molar-refractivity contribution is 0.182. The number of benzene rings is 1. The molecule has 1 aromatic carbocycles. The van der Waals surface area contributed by atoms with Gasteiger partial charge in [0.05, 0.1) is 18.4 Å². The molecule has 1 aromatic heterocycles. The first-order valence-corrected chi connectivity index (χ1v) is 7.16. The van der Waals surface area contributed by atoms with E-state index in [1.165, 1.54) is 0 Å². The monoisotopic (exact) mass is 323 g/mol. The summed E-state index contributed by atoms with van der Waals surface area (Å²) in [5.74, 6) is 0.882. The van der Waals surface area contributed by atoms with Crippen molar-refractivity contribution in [1.82, 2.24) is 5.32 Å². The van der Waals surface area contributed by atoms with Crippen LogP contribution in [-0.2, 0) is 0 Å². The van der Waals surface area contributed by atoms with Crippen LogP contribution in [0.5, 0.6) is 0 Å². The molecular formula is C15H18BrNO2. The van der Waals surface area contributed by atoms with Crippen LogP contribution >= 0.6 is 15.9 Å². The lowest BCUT2D eigenvalue weighted by Crippen LogP contribution is -2.25. The molecule has 102 valence electrons. The molecule has 0 aliphatic carbocycles. The number of hydrogen-bond donors (Lipinski definition) is 2. The normalized spacial score (nSPS) is 14.3. The Hall–Kier alpha value is -1.10. The van der Waals surface area contributed by atoms with Gasteiger partial charge in [-0.25, -0.2) is 0 Å². The van der Waals surface area contributed by atoms with Crippen LogP contribution in [0.3, 0.4) is 0 Å². The Labute approximate surface area is 121 Å². The largest absolute Gasteiger partial charge is 0.467 e. The third-order valence-electron chi connectivity index (χ3n) is 2.94. The molecule has 0 aliphatic rings. The molecule has 19 heavy (non-hydrogen) atoms. The molecule has 0 fully saturated rings. The Kier molecular flexibility index (Phi) is 5.19. The van der Waals surface area contributed by atoms with Gasteiger partial charge in [0.2, 0.25) is 0 Å². The summed E-state index contributed by atoms with van der Waals surface area (Å²) in [6, 6.07) is 12.0. The van der Waals surface area contributed by atoms with Crippen LogP contribution in [0.15, 0.2) is 51.6 Å². The van der Waals surface area contributed by atoms with Crippen molar-refractivity contribution in [1.29, 1.82) is 0 Å². The number of rotatable bonds is 6. The molecule has 0 amide bonds. The molecule has 0 radical (unpaired) electrons. The van der Waals surface area contributed by atoms with E-state index in [9.17, 15) is 5.11 Å². The standard InChI is InChI=1S/C15H18BrNO2/c1-11(18)8-9-17-15(14-3-2-10-19-14)12-4-6-13(16)7-5-12/h2-7,10-11,15,17-18H,8-9H2,1H3/t11-,15-/m1/s1. The number of hydrogen-bond acceptors (Lipinski definition) is 3. The SMILES string of the molecule is C[C@@H](O)CCN[C@H](c1ccc(Br)cc1)c1ccco1. The second-order valence-electron chi connectivity index (χ2n) is 4.59. The van der Waals surface area contributed by atoms with E-state index in [0.717, 1.165) is 22.3 Å². The van der Waals surface area contributed by atoms with Crippen molar-refractivity contribution in [2.75, 3.05) is 6.54 Å². The highest BCUT2D eigenvalue weighted by Gasteiger charge is 2.16. The third-order valence-corrected chi connectivity index (χ3v) is 3.47. The lowest BCUT2D eigenvalue weighted by Gasteiger charge is -2.18. The second kappa shape index (κ2) is 6.89. The molecule has 1 heterocycles. The molecule has 0 bridgehead atoms. The highest BCUT2D eigenvalue weighted by Crippen LogP contribution is 2.24. The van der Waals surface area contributed by atoms with Gasteiger partial charge in [0.25, 0.3) is 0 Å². The van der Waals surface area contributed by atoms with Crippen molar-refractivity contribution >= 4 is 15.9 Å². The van der Waals surface area contributed by atoms with Crippen molar-refractivity contribution in [2.24, 2.45) is 0 Å². The minimum atomic E-state index is -0.297. The Balaban J connectivity index is 2.12. The van der Waals surface area contributed by atoms with Crippen molar-refractivity contribution in [2.45, 2.75) is 25.5 Å². The molecular weight excluding hydrogens is 306 g/mol. The first kappa shape index (κ1) is 14.3. The molecule has 4 heteroatoms. The van der Waals surface area contributed by atoms with Gasteiger partial charge in [-0.05, 0) is 49.7 Å². The van der Waals surface area contributed by atoms with E-state index in [1.807, 2.05) is 24.3 Å². The number of halogens is 1. The summed E-state index contributed by atoms with van der Waals surface area (Å²) in [6.07, 6.45) is 2.10. The number of aliphatic hydroxyl groups excluding tert-OH is 1. The van der Waals surface area contributed by atoms with Crippen LogP contribution in [0.25, 0.3) is 0 Å². The average molecular weight is 324 g/mol. The van der Waals surface area contributed by atoms with E-state index >= 15 is 0 Å². The van der Waals surface area contributed by atoms with Crippen molar-refractivity contribution < 1.29 is 9.52 Å². The Morgan fingerprint density at radius 2 is 2.00 bits per heavy atom. The number of nitrogens with one attached hydrogen (secondary N) is 1. The molecule has 0 aliphatic heterocycles. The van der Waals surface area contributed by atoms with Gasteiger partial charge in [-0.2, -0.15) is 0 Å². The minimum Gasteiger partial charge on any atom is -0.467 e. The fourth-order valence-corrected chi connectivity index (χ4v) is 2.19. The van der Waals surface area contributed by atoms with E-state index in [2.05, 4.69) is 33.4 Å². The maximum absolute atomic E-state index is 9.33. The fraction of sp³-hybridized carbons (Fsp3) is 0.333. The summed E-state index contributed by atoms with van der Waals surface area (Å²) in [5.41, 5.74) is 1.14. The molecule has 3 nitrogen and oxygen atoms in total. The maximum Gasteiger partial charge on any atom is 0.125 e. The van der Waals surface area contributed by atoms with E-state index in [1.54, 1.807) is 13.2 Å². The van der Waals surface area contributed by atoms with Gasteiger partial charge < -0.3 is 14.8 Å². The van der Waals surface area contributed by atoms with Crippen molar-refractivity contribution in [3.8, 4) is 0 Å². The van der Waals surface area contributed by atoms with E-state index in [4.69, 9.17) is 4.42 Å². The van der Waals surface area contributed by atoms with Crippen LogP contribution in [0.2, 0.25) is 0 Å². The molecule has 0 saturated heterocycles. The lowest BCUT2D eigenvalue weighted by atomic mass is 10.0. The molecule has 2 aromatic rings. The van der Waals surface area contributed by atoms with Gasteiger partial charge in [-0.1, -0.05) is 28.1 Å². The zero-order chi connectivity index (χ0) is 13.7. The molecule has 0 saturated carbocycles. The zero-order valence-electron chi connectivity index (χ0n) is 10.8. The maximum atomic E-state index is 9.33.